The van der Waals surface area contributed by atoms with Crippen molar-refractivity contribution in [3.8, 4) is 0 Å². The van der Waals surface area contributed by atoms with Crippen molar-refractivity contribution >= 4 is 11.8 Å². The average molecular weight is 253 g/mol. The molecule has 0 aromatic carbocycles. The molecule has 2 amide bonds. The van der Waals surface area contributed by atoms with E-state index in [1.54, 1.807) is 0 Å². The maximum atomic E-state index is 12.4. The number of ether oxygens (including phenoxy) is 1. The summed E-state index contributed by atoms with van der Waals surface area (Å²) in [6, 6.07) is 0. The van der Waals surface area contributed by atoms with E-state index in [4.69, 9.17) is 4.74 Å². The summed E-state index contributed by atoms with van der Waals surface area (Å²) < 4.78 is 5.29. The van der Waals surface area contributed by atoms with Gasteiger partial charge in [0.15, 0.2) is 0 Å². The van der Waals surface area contributed by atoms with Crippen molar-refractivity contribution in [2.45, 2.75) is 37.6 Å². The molecule has 0 aromatic heterocycles. The van der Waals surface area contributed by atoms with Gasteiger partial charge in [-0.1, -0.05) is 6.42 Å². The van der Waals surface area contributed by atoms with Gasteiger partial charge >= 0.3 is 0 Å². The predicted molar refractivity (Wildman–Crippen MR) is 62.6 cm³/mol. The predicted octanol–water partition coefficient (Wildman–Crippen LogP) is 0.313. The fourth-order valence-corrected chi connectivity index (χ4v) is 3.66. The van der Waals surface area contributed by atoms with E-state index in [2.05, 4.69) is 0 Å². The number of amides is 2. The monoisotopic (exact) mass is 253 g/mol. The van der Waals surface area contributed by atoms with E-state index in [1.165, 1.54) is 4.90 Å². The van der Waals surface area contributed by atoms with Crippen LogP contribution in [0.1, 0.15) is 32.1 Å². The lowest BCUT2D eigenvalue weighted by Gasteiger charge is -2.42. The fourth-order valence-electron chi connectivity index (χ4n) is 3.66. The van der Waals surface area contributed by atoms with Gasteiger partial charge in [0.2, 0.25) is 11.8 Å². The zero-order valence-electron chi connectivity index (χ0n) is 10.4. The molecule has 5 heteroatoms. The summed E-state index contributed by atoms with van der Waals surface area (Å²) in [4.78, 5) is 26.2. The van der Waals surface area contributed by atoms with Gasteiger partial charge in [-0.15, -0.1) is 0 Å². The molecule has 0 radical (unpaired) electrons. The number of hydrogen-bond donors (Lipinski definition) is 1. The SMILES string of the molecule is O=C1C2CCCC2C(=O)N1C1(CO)CCOCC1. The van der Waals surface area contributed by atoms with Crippen LogP contribution in [-0.2, 0) is 14.3 Å². The molecule has 1 saturated carbocycles. The molecular weight excluding hydrogens is 234 g/mol. The van der Waals surface area contributed by atoms with Gasteiger partial charge in [-0.25, -0.2) is 0 Å². The first-order valence-electron chi connectivity index (χ1n) is 6.76. The Kier molecular flexibility index (Phi) is 2.90. The van der Waals surface area contributed by atoms with Crippen molar-refractivity contribution in [1.29, 1.82) is 0 Å². The minimum atomic E-state index is -0.698. The molecule has 0 aromatic rings. The van der Waals surface area contributed by atoms with Gasteiger partial charge in [-0.2, -0.15) is 0 Å². The van der Waals surface area contributed by atoms with Crippen LogP contribution in [0.15, 0.2) is 0 Å². The van der Waals surface area contributed by atoms with Crippen LogP contribution in [-0.4, -0.2) is 47.2 Å². The van der Waals surface area contributed by atoms with E-state index in [1.807, 2.05) is 0 Å². The number of aliphatic hydroxyl groups excluding tert-OH is 1. The van der Waals surface area contributed by atoms with Crippen LogP contribution in [0.3, 0.4) is 0 Å². The van der Waals surface area contributed by atoms with Crippen LogP contribution in [0, 0.1) is 11.8 Å². The van der Waals surface area contributed by atoms with Gasteiger partial charge in [0.1, 0.15) is 0 Å². The number of imide groups is 1. The Labute approximate surface area is 106 Å². The lowest BCUT2D eigenvalue weighted by molar-refractivity contribution is -0.155. The van der Waals surface area contributed by atoms with Crippen LogP contribution < -0.4 is 0 Å². The summed E-state index contributed by atoms with van der Waals surface area (Å²) in [6.45, 7) is 0.868. The topological polar surface area (TPSA) is 66.8 Å². The minimum Gasteiger partial charge on any atom is -0.394 e. The molecule has 2 atom stereocenters. The highest BCUT2D eigenvalue weighted by atomic mass is 16.5. The molecule has 3 fully saturated rings. The van der Waals surface area contributed by atoms with Gasteiger partial charge in [-0.3, -0.25) is 14.5 Å². The van der Waals surface area contributed by atoms with Crippen molar-refractivity contribution in [2.75, 3.05) is 19.8 Å². The molecule has 3 aliphatic rings. The zero-order valence-corrected chi connectivity index (χ0v) is 10.4. The van der Waals surface area contributed by atoms with E-state index in [0.29, 0.717) is 26.1 Å². The normalized spacial score (nSPS) is 35.1. The van der Waals surface area contributed by atoms with Gasteiger partial charge in [0.25, 0.3) is 0 Å². The summed E-state index contributed by atoms with van der Waals surface area (Å²) in [5, 5.41) is 9.70. The van der Waals surface area contributed by atoms with Crippen molar-refractivity contribution in [3.05, 3.63) is 0 Å². The largest absolute Gasteiger partial charge is 0.394 e. The fraction of sp³-hybridized carbons (Fsp3) is 0.846. The van der Waals surface area contributed by atoms with Crippen molar-refractivity contribution in [2.24, 2.45) is 11.8 Å². The van der Waals surface area contributed by atoms with E-state index < -0.39 is 5.54 Å². The van der Waals surface area contributed by atoms with Gasteiger partial charge in [0.05, 0.1) is 24.0 Å². The second-order valence-electron chi connectivity index (χ2n) is 5.65. The van der Waals surface area contributed by atoms with E-state index in [9.17, 15) is 14.7 Å². The number of hydrogen-bond acceptors (Lipinski definition) is 4. The van der Waals surface area contributed by atoms with Gasteiger partial charge < -0.3 is 9.84 Å². The Balaban J connectivity index is 1.91. The summed E-state index contributed by atoms with van der Waals surface area (Å²) in [6.07, 6.45) is 3.73. The molecule has 5 nitrogen and oxygen atoms in total. The Hall–Kier alpha value is -0.940. The molecule has 2 saturated heterocycles. The third-order valence-electron chi connectivity index (χ3n) is 4.78. The van der Waals surface area contributed by atoms with Gasteiger partial charge in [-0.05, 0) is 25.7 Å². The Bertz CT molecular complexity index is 353. The summed E-state index contributed by atoms with van der Waals surface area (Å²) >= 11 is 0. The van der Waals surface area contributed by atoms with E-state index >= 15 is 0 Å². The second kappa shape index (κ2) is 4.31. The number of likely N-dealkylation sites (tertiary alicyclic amines) is 1. The first-order chi connectivity index (χ1) is 8.69. The molecule has 1 aliphatic carbocycles. The molecule has 3 rings (SSSR count). The zero-order chi connectivity index (χ0) is 12.8. The van der Waals surface area contributed by atoms with Crippen molar-refractivity contribution < 1.29 is 19.4 Å². The summed E-state index contributed by atoms with van der Waals surface area (Å²) in [5.41, 5.74) is -0.698. The smallest absolute Gasteiger partial charge is 0.233 e. The third-order valence-corrected chi connectivity index (χ3v) is 4.78. The molecule has 100 valence electrons. The molecule has 2 heterocycles. The molecular formula is C13H19NO4. The van der Waals surface area contributed by atoms with Crippen LogP contribution in [0.4, 0.5) is 0 Å². The average Bonchev–Trinajstić information content (AvgIpc) is 2.96. The molecule has 0 bridgehead atoms. The number of carbonyl (C=O) groups excluding carboxylic acids is 2. The summed E-state index contributed by atoms with van der Waals surface area (Å²) in [5.74, 6) is -0.357. The summed E-state index contributed by atoms with van der Waals surface area (Å²) in [7, 11) is 0. The highest BCUT2D eigenvalue weighted by molar-refractivity contribution is 6.06. The van der Waals surface area contributed by atoms with Crippen LogP contribution >= 0.6 is 0 Å². The first kappa shape index (κ1) is 12.1. The molecule has 2 aliphatic heterocycles. The number of aliphatic hydroxyl groups is 1. The highest BCUT2D eigenvalue weighted by Crippen LogP contribution is 2.44. The minimum absolute atomic E-state index is 0.0570. The number of fused-ring (bicyclic) bond motifs is 1. The van der Waals surface area contributed by atoms with E-state index in [-0.39, 0.29) is 30.3 Å². The first-order valence-corrected chi connectivity index (χ1v) is 6.76. The molecule has 18 heavy (non-hydrogen) atoms. The van der Waals surface area contributed by atoms with Crippen LogP contribution in [0.2, 0.25) is 0 Å². The quantitative estimate of drug-likeness (QED) is 0.719. The lowest BCUT2D eigenvalue weighted by atomic mass is 9.88. The second-order valence-corrected chi connectivity index (χ2v) is 5.65. The molecule has 0 spiro atoms. The number of rotatable bonds is 2. The Morgan fingerprint density at radius 1 is 1.17 bits per heavy atom. The van der Waals surface area contributed by atoms with Crippen molar-refractivity contribution in [3.63, 3.8) is 0 Å². The lowest BCUT2D eigenvalue weighted by Crippen LogP contribution is -2.57. The number of carbonyl (C=O) groups is 2. The highest BCUT2D eigenvalue weighted by Gasteiger charge is 2.56. The Morgan fingerprint density at radius 3 is 2.22 bits per heavy atom. The number of nitrogens with zero attached hydrogens (tertiary/aromatic N) is 1. The standard InChI is InChI=1S/C13H19NO4/c15-8-13(4-6-18-7-5-13)14-11(16)9-2-1-3-10(9)12(14)17/h9-10,15H,1-8H2. The van der Waals surface area contributed by atoms with Gasteiger partial charge in [0, 0.05) is 13.2 Å². The molecule has 1 N–H and O–H groups in total. The maximum Gasteiger partial charge on any atom is 0.233 e. The molecule has 2 unspecified atom stereocenters. The van der Waals surface area contributed by atoms with Crippen LogP contribution in [0.5, 0.6) is 0 Å². The maximum absolute atomic E-state index is 12.4. The van der Waals surface area contributed by atoms with E-state index in [0.717, 1.165) is 19.3 Å². The van der Waals surface area contributed by atoms with Crippen molar-refractivity contribution in [1.82, 2.24) is 4.90 Å². The third kappa shape index (κ3) is 1.53. The van der Waals surface area contributed by atoms with Crippen LogP contribution in [0.25, 0.3) is 0 Å². The Morgan fingerprint density at radius 2 is 1.72 bits per heavy atom.